The van der Waals surface area contributed by atoms with E-state index in [1.807, 2.05) is 0 Å². The van der Waals surface area contributed by atoms with Crippen LogP contribution in [0.15, 0.2) is 0 Å². The molecule has 0 rings (SSSR count). The van der Waals surface area contributed by atoms with Gasteiger partial charge in [0.05, 0.1) is 6.61 Å². The third-order valence-corrected chi connectivity index (χ3v) is 3.46. The van der Waals surface area contributed by atoms with Gasteiger partial charge in [-0.15, -0.1) is 0 Å². The molecule has 0 aromatic rings. The molecular weight excluding hydrogens is 245 g/mol. The molecule has 1 unspecified atom stereocenters. The minimum absolute atomic E-state index is 0.157. The zero-order chi connectivity index (χ0) is 13.3. The van der Waals surface area contributed by atoms with Crippen LogP contribution < -0.4 is 5.48 Å². The van der Waals surface area contributed by atoms with Gasteiger partial charge in [0.15, 0.2) is 0 Å². The molecule has 0 aliphatic carbocycles. The molecule has 1 atom stereocenters. The molecule has 0 fully saturated rings. The Balaban J connectivity index is 3.59. The molecule has 102 valence electrons. The molecule has 3 N–H and O–H groups in total. The van der Waals surface area contributed by atoms with Gasteiger partial charge in [0, 0.05) is 0 Å². The van der Waals surface area contributed by atoms with Crippen molar-refractivity contribution < 1.29 is 24.0 Å². The summed E-state index contributed by atoms with van der Waals surface area (Å²) in [5, 5.41) is 8.20. The van der Waals surface area contributed by atoms with E-state index in [1.165, 1.54) is 5.48 Å². The second-order valence-corrected chi connectivity index (χ2v) is 6.26. The maximum absolute atomic E-state index is 11.3. The molecule has 0 bridgehead atoms. The maximum Gasteiger partial charge on any atom is 0.337 e. The molecule has 0 aromatic carbocycles. The fourth-order valence-corrected chi connectivity index (χ4v) is 2.24. The van der Waals surface area contributed by atoms with Crippen LogP contribution in [-0.4, -0.2) is 28.8 Å². The number of carbonyl (C=O) groups is 1. The first-order valence-electron chi connectivity index (χ1n) is 5.76. The number of hydroxylamine groups is 1. The van der Waals surface area contributed by atoms with Crippen molar-refractivity contribution in [2.75, 3.05) is 12.8 Å². The van der Waals surface area contributed by atoms with E-state index in [0.717, 1.165) is 19.3 Å². The predicted molar refractivity (Wildman–Crippen MR) is 63.9 cm³/mol. The highest BCUT2D eigenvalue weighted by Gasteiger charge is 2.23. The monoisotopic (exact) mass is 267 g/mol. The van der Waals surface area contributed by atoms with E-state index in [4.69, 9.17) is 9.73 Å². The lowest BCUT2D eigenvalue weighted by Gasteiger charge is -2.11. The summed E-state index contributed by atoms with van der Waals surface area (Å²) in [4.78, 5) is 19.9. The number of rotatable bonds is 9. The van der Waals surface area contributed by atoms with Crippen LogP contribution in [0.3, 0.4) is 0 Å². The van der Waals surface area contributed by atoms with Gasteiger partial charge >= 0.3 is 7.60 Å². The van der Waals surface area contributed by atoms with E-state index >= 15 is 0 Å². The van der Waals surface area contributed by atoms with Crippen molar-refractivity contribution in [2.45, 2.75) is 39.5 Å². The SMILES string of the molecule is CC(C)CCCCCOP(=O)(O)CC(=O)NO. The number of carbonyl (C=O) groups excluding carboxylic acids is 1. The highest BCUT2D eigenvalue weighted by atomic mass is 31.2. The lowest BCUT2D eigenvalue weighted by Crippen LogP contribution is -2.22. The molecule has 6 nitrogen and oxygen atoms in total. The van der Waals surface area contributed by atoms with Gasteiger partial charge in [-0.3, -0.25) is 14.6 Å². The third kappa shape index (κ3) is 10.5. The molecule has 0 aliphatic rings. The van der Waals surface area contributed by atoms with E-state index in [-0.39, 0.29) is 6.61 Å². The van der Waals surface area contributed by atoms with Crippen molar-refractivity contribution in [3.63, 3.8) is 0 Å². The van der Waals surface area contributed by atoms with Gasteiger partial charge in [-0.25, -0.2) is 5.48 Å². The lowest BCUT2D eigenvalue weighted by atomic mass is 10.1. The van der Waals surface area contributed by atoms with Crippen molar-refractivity contribution in [1.29, 1.82) is 0 Å². The molecule has 0 radical (unpaired) electrons. The minimum Gasteiger partial charge on any atom is -0.324 e. The van der Waals surface area contributed by atoms with Crippen LogP contribution in [0.4, 0.5) is 0 Å². The average Bonchev–Trinajstić information content (AvgIpc) is 2.22. The molecule has 17 heavy (non-hydrogen) atoms. The molecule has 1 amide bonds. The Hall–Kier alpha value is -0.420. The van der Waals surface area contributed by atoms with Gasteiger partial charge in [-0.1, -0.05) is 33.1 Å². The standard InChI is InChI=1S/C10H22NO5P/c1-9(2)6-4-3-5-7-16-17(14,15)8-10(12)11-13/h9,13H,3-8H2,1-2H3,(H,11,12)(H,14,15). The molecule has 0 aromatic heterocycles. The summed E-state index contributed by atoms with van der Waals surface area (Å²) < 4.78 is 16.0. The topological polar surface area (TPSA) is 95.9 Å². The van der Waals surface area contributed by atoms with Crippen molar-refractivity contribution in [1.82, 2.24) is 5.48 Å². The fraction of sp³-hybridized carbons (Fsp3) is 0.900. The zero-order valence-electron chi connectivity index (χ0n) is 10.4. The summed E-state index contributed by atoms with van der Waals surface area (Å²) in [6.45, 7) is 4.45. The van der Waals surface area contributed by atoms with Gasteiger partial charge in [-0.2, -0.15) is 0 Å². The quantitative estimate of drug-likeness (QED) is 0.257. The molecule has 0 saturated carbocycles. The number of hydrogen-bond donors (Lipinski definition) is 3. The average molecular weight is 267 g/mol. The summed E-state index contributed by atoms with van der Waals surface area (Å²) in [5.74, 6) is -0.260. The summed E-state index contributed by atoms with van der Waals surface area (Å²) in [7, 11) is -3.90. The smallest absolute Gasteiger partial charge is 0.324 e. The summed E-state index contributed by atoms with van der Waals surface area (Å²) in [5.41, 5.74) is 1.29. The van der Waals surface area contributed by atoms with E-state index in [9.17, 15) is 14.3 Å². The Bertz CT molecular complexity index is 269. The number of nitrogens with one attached hydrogen (secondary N) is 1. The zero-order valence-corrected chi connectivity index (χ0v) is 11.3. The first kappa shape index (κ1) is 16.6. The van der Waals surface area contributed by atoms with Crippen LogP contribution in [-0.2, 0) is 13.9 Å². The van der Waals surface area contributed by atoms with Crippen LogP contribution in [0, 0.1) is 5.92 Å². The van der Waals surface area contributed by atoms with Crippen LogP contribution in [0.25, 0.3) is 0 Å². The van der Waals surface area contributed by atoms with Gasteiger partial charge in [-0.05, 0) is 12.3 Å². The second kappa shape index (κ2) is 8.64. The Morgan fingerprint density at radius 1 is 1.35 bits per heavy atom. The Labute approximate surface area is 102 Å². The van der Waals surface area contributed by atoms with Crippen molar-refractivity contribution in [3.8, 4) is 0 Å². The summed E-state index contributed by atoms with van der Waals surface area (Å²) in [6.07, 6.45) is 3.11. The first-order valence-corrected chi connectivity index (χ1v) is 7.53. The van der Waals surface area contributed by atoms with Gasteiger partial charge in [0.1, 0.15) is 6.16 Å². The van der Waals surface area contributed by atoms with Crippen molar-refractivity contribution in [2.24, 2.45) is 5.92 Å². The number of hydrogen-bond acceptors (Lipinski definition) is 4. The number of unbranched alkanes of at least 4 members (excludes halogenated alkanes) is 2. The largest absolute Gasteiger partial charge is 0.337 e. The van der Waals surface area contributed by atoms with Gasteiger partial charge in [0.25, 0.3) is 5.91 Å². The molecular formula is C10H22NO5P. The minimum atomic E-state index is -3.90. The Kier molecular flexibility index (Phi) is 8.43. The van der Waals surface area contributed by atoms with Crippen LogP contribution in [0.1, 0.15) is 39.5 Å². The highest BCUT2D eigenvalue weighted by molar-refractivity contribution is 7.53. The van der Waals surface area contributed by atoms with E-state index in [1.54, 1.807) is 0 Å². The fourth-order valence-electron chi connectivity index (χ4n) is 1.30. The molecule has 0 heterocycles. The van der Waals surface area contributed by atoms with Crippen LogP contribution >= 0.6 is 7.60 Å². The Morgan fingerprint density at radius 2 is 2.00 bits per heavy atom. The summed E-state index contributed by atoms with van der Waals surface area (Å²) in [6, 6.07) is 0. The Morgan fingerprint density at radius 3 is 2.53 bits per heavy atom. The van der Waals surface area contributed by atoms with Crippen LogP contribution in [0.2, 0.25) is 0 Å². The van der Waals surface area contributed by atoms with Gasteiger partial charge < -0.3 is 9.42 Å². The van der Waals surface area contributed by atoms with E-state index in [0.29, 0.717) is 12.3 Å². The van der Waals surface area contributed by atoms with Crippen LogP contribution in [0.5, 0.6) is 0 Å². The maximum atomic E-state index is 11.3. The second-order valence-electron chi connectivity index (χ2n) is 4.41. The number of amides is 1. The van der Waals surface area contributed by atoms with E-state index in [2.05, 4.69) is 13.8 Å². The normalized spacial score (nSPS) is 14.6. The molecule has 0 aliphatic heterocycles. The predicted octanol–water partition coefficient (Wildman–Crippen LogP) is 1.91. The van der Waals surface area contributed by atoms with Crippen molar-refractivity contribution in [3.05, 3.63) is 0 Å². The highest BCUT2D eigenvalue weighted by Crippen LogP contribution is 2.41. The molecule has 0 saturated heterocycles. The lowest BCUT2D eigenvalue weighted by molar-refractivity contribution is -0.126. The van der Waals surface area contributed by atoms with Crippen molar-refractivity contribution >= 4 is 13.5 Å². The third-order valence-electron chi connectivity index (χ3n) is 2.19. The molecule has 0 spiro atoms. The first-order chi connectivity index (χ1) is 7.87. The summed E-state index contributed by atoms with van der Waals surface area (Å²) >= 11 is 0. The molecule has 7 heteroatoms. The van der Waals surface area contributed by atoms with E-state index < -0.39 is 19.7 Å². The van der Waals surface area contributed by atoms with Gasteiger partial charge in [0.2, 0.25) is 0 Å².